The summed E-state index contributed by atoms with van der Waals surface area (Å²) >= 11 is 0. The van der Waals surface area contributed by atoms with E-state index in [1.54, 1.807) is 0 Å². The van der Waals surface area contributed by atoms with Crippen LogP contribution >= 0.6 is 0 Å². The first kappa shape index (κ1) is 21.9. The number of nitrogens with zero attached hydrogens (tertiary/aromatic N) is 1. The van der Waals surface area contributed by atoms with Crippen molar-refractivity contribution in [3.05, 3.63) is 60.2 Å². The van der Waals surface area contributed by atoms with Crippen LogP contribution in [0.15, 0.2) is 54.6 Å². The molecule has 1 amide bonds. The molecule has 5 nitrogen and oxygen atoms in total. The van der Waals surface area contributed by atoms with Crippen molar-refractivity contribution >= 4 is 11.9 Å². The number of aliphatic hydroxyl groups is 1. The van der Waals surface area contributed by atoms with E-state index < -0.39 is 6.10 Å². The quantitative estimate of drug-likeness (QED) is 0.381. The van der Waals surface area contributed by atoms with Gasteiger partial charge in [-0.25, -0.2) is 0 Å². The Kier molecular flexibility index (Phi) is 9.49. The van der Waals surface area contributed by atoms with Crippen molar-refractivity contribution in [3.63, 3.8) is 0 Å². The number of rotatable bonds is 10. The number of ether oxygens (including phenoxy) is 1. The average Bonchev–Trinajstić information content (AvgIpc) is 2.70. The van der Waals surface area contributed by atoms with Gasteiger partial charge in [-0.1, -0.05) is 54.6 Å². The van der Waals surface area contributed by atoms with Gasteiger partial charge in [0.2, 0.25) is 5.91 Å². The maximum Gasteiger partial charge on any atom is 0.305 e. The van der Waals surface area contributed by atoms with Crippen LogP contribution in [0.1, 0.15) is 44.1 Å². The molecular weight excluding hydrogens is 354 g/mol. The highest BCUT2D eigenvalue weighted by Gasteiger charge is 2.25. The summed E-state index contributed by atoms with van der Waals surface area (Å²) in [6, 6.07) is 9.90. The SMILES string of the molecule is COC(=O)CCCC=CCN1C(=O)CCC[C@@H]1/C=C/C(O)Cc1ccccc1. The molecule has 1 fully saturated rings. The summed E-state index contributed by atoms with van der Waals surface area (Å²) in [5.41, 5.74) is 1.09. The molecule has 1 aromatic rings. The van der Waals surface area contributed by atoms with E-state index in [2.05, 4.69) is 4.74 Å². The van der Waals surface area contributed by atoms with Crippen molar-refractivity contribution in [1.82, 2.24) is 4.90 Å². The summed E-state index contributed by atoms with van der Waals surface area (Å²) in [7, 11) is 1.39. The third-order valence-electron chi connectivity index (χ3n) is 4.90. The monoisotopic (exact) mass is 385 g/mol. The predicted octanol–water partition coefficient (Wildman–Crippen LogP) is 3.43. The Morgan fingerprint density at radius 2 is 2.11 bits per heavy atom. The number of methoxy groups -OCH3 is 1. The molecule has 1 aliphatic heterocycles. The molecule has 0 saturated carbocycles. The standard InChI is InChI=1S/C23H31NO4/c1-28-23(27)14-7-2-3-8-17-24-20(12-9-13-22(24)26)15-16-21(25)18-19-10-5-4-6-11-19/h3-6,8,10-11,15-16,20-21,25H,2,7,9,12-14,17-18H2,1H3/b8-3?,16-15+/t20-,21?/m1/s1. The van der Waals surface area contributed by atoms with E-state index in [0.29, 0.717) is 25.8 Å². The molecule has 1 N–H and O–H groups in total. The summed E-state index contributed by atoms with van der Waals surface area (Å²) in [5.74, 6) is -0.0449. The van der Waals surface area contributed by atoms with Gasteiger partial charge >= 0.3 is 5.97 Å². The number of unbranched alkanes of at least 4 members (excludes halogenated alkanes) is 1. The highest BCUT2D eigenvalue weighted by molar-refractivity contribution is 5.77. The number of aliphatic hydroxyl groups excluding tert-OH is 1. The van der Waals surface area contributed by atoms with Crippen LogP contribution in [0.5, 0.6) is 0 Å². The lowest BCUT2D eigenvalue weighted by molar-refractivity contribution is -0.140. The zero-order valence-corrected chi connectivity index (χ0v) is 16.6. The fourth-order valence-corrected chi connectivity index (χ4v) is 3.34. The summed E-state index contributed by atoms with van der Waals surface area (Å²) in [6.07, 6.45) is 12.1. The number of esters is 1. The summed E-state index contributed by atoms with van der Waals surface area (Å²) < 4.78 is 4.62. The second-order valence-electron chi connectivity index (χ2n) is 7.09. The Labute approximate surface area is 167 Å². The smallest absolute Gasteiger partial charge is 0.305 e. The number of amides is 1. The van der Waals surface area contributed by atoms with E-state index in [9.17, 15) is 14.7 Å². The van der Waals surface area contributed by atoms with E-state index in [1.807, 2.05) is 59.5 Å². The van der Waals surface area contributed by atoms with Gasteiger partial charge in [0.15, 0.2) is 0 Å². The third-order valence-corrected chi connectivity index (χ3v) is 4.90. The molecule has 0 radical (unpaired) electrons. The second kappa shape index (κ2) is 12.1. The van der Waals surface area contributed by atoms with Gasteiger partial charge in [0.25, 0.3) is 0 Å². The highest BCUT2D eigenvalue weighted by atomic mass is 16.5. The maximum absolute atomic E-state index is 12.3. The first-order valence-electron chi connectivity index (χ1n) is 10.0. The first-order valence-corrected chi connectivity index (χ1v) is 10.0. The summed E-state index contributed by atoms with van der Waals surface area (Å²) in [6.45, 7) is 0.556. The van der Waals surface area contributed by atoms with Crippen molar-refractivity contribution in [1.29, 1.82) is 0 Å². The minimum Gasteiger partial charge on any atom is -0.469 e. The van der Waals surface area contributed by atoms with Gasteiger partial charge in [0.05, 0.1) is 19.3 Å². The lowest BCUT2D eigenvalue weighted by atomic mass is 9.99. The molecule has 0 spiro atoms. The van der Waals surface area contributed by atoms with Gasteiger partial charge in [-0.3, -0.25) is 9.59 Å². The van der Waals surface area contributed by atoms with Crippen molar-refractivity contribution in [2.45, 2.75) is 57.1 Å². The number of likely N-dealkylation sites (tertiary alicyclic amines) is 1. The molecular formula is C23H31NO4. The Morgan fingerprint density at radius 3 is 2.86 bits per heavy atom. The Bertz CT molecular complexity index is 668. The molecule has 2 rings (SSSR count). The first-order chi connectivity index (χ1) is 13.6. The van der Waals surface area contributed by atoms with Crippen LogP contribution in [0.25, 0.3) is 0 Å². The predicted molar refractivity (Wildman–Crippen MR) is 110 cm³/mol. The molecule has 1 aromatic carbocycles. The van der Waals surface area contributed by atoms with Gasteiger partial charge in [0.1, 0.15) is 0 Å². The van der Waals surface area contributed by atoms with E-state index in [0.717, 1.165) is 31.2 Å². The molecule has 2 atom stereocenters. The number of carbonyl (C=O) groups is 2. The van der Waals surface area contributed by atoms with Gasteiger partial charge in [0, 0.05) is 25.8 Å². The molecule has 0 aliphatic carbocycles. The topological polar surface area (TPSA) is 66.8 Å². The number of allylic oxidation sites excluding steroid dienone is 1. The Hall–Kier alpha value is -2.40. The van der Waals surface area contributed by atoms with Crippen LogP contribution in [0.3, 0.4) is 0 Å². The normalized spacial score (nSPS) is 18.7. The van der Waals surface area contributed by atoms with Gasteiger partial charge < -0.3 is 14.7 Å². The van der Waals surface area contributed by atoms with Crippen molar-refractivity contribution in [2.24, 2.45) is 0 Å². The molecule has 28 heavy (non-hydrogen) atoms. The lowest BCUT2D eigenvalue weighted by Gasteiger charge is -2.33. The van der Waals surface area contributed by atoms with Crippen LogP contribution in [0.2, 0.25) is 0 Å². The van der Waals surface area contributed by atoms with Crippen molar-refractivity contribution < 1.29 is 19.4 Å². The van der Waals surface area contributed by atoms with Crippen LogP contribution < -0.4 is 0 Å². The summed E-state index contributed by atoms with van der Waals surface area (Å²) in [5, 5.41) is 10.3. The van der Waals surface area contributed by atoms with E-state index in [-0.39, 0.29) is 17.9 Å². The molecule has 5 heteroatoms. The molecule has 1 aliphatic rings. The van der Waals surface area contributed by atoms with E-state index in [1.165, 1.54) is 7.11 Å². The van der Waals surface area contributed by atoms with Crippen LogP contribution in [-0.4, -0.2) is 47.7 Å². The van der Waals surface area contributed by atoms with E-state index in [4.69, 9.17) is 0 Å². The Morgan fingerprint density at radius 1 is 1.32 bits per heavy atom. The number of hydrogen-bond donors (Lipinski definition) is 1. The number of hydrogen-bond acceptors (Lipinski definition) is 4. The molecule has 1 unspecified atom stereocenters. The van der Waals surface area contributed by atoms with Gasteiger partial charge in [-0.15, -0.1) is 0 Å². The molecule has 152 valence electrons. The van der Waals surface area contributed by atoms with Gasteiger partial charge in [-0.05, 0) is 31.2 Å². The zero-order valence-electron chi connectivity index (χ0n) is 16.6. The van der Waals surface area contributed by atoms with Crippen molar-refractivity contribution in [3.8, 4) is 0 Å². The zero-order chi connectivity index (χ0) is 20.2. The van der Waals surface area contributed by atoms with Crippen LogP contribution in [-0.2, 0) is 20.7 Å². The fourth-order valence-electron chi connectivity index (χ4n) is 3.34. The molecule has 0 aromatic heterocycles. The van der Waals surface area contributed by atoms with E-state index >= 15 is 0 Å². The summed E-state index contributed by atoms with van der Waals surface area (Å²) in [4.78, 5) is 25.3. The minimum atomic E-state index is -0.560. The molecule has 1 heterocycles. The third kappa shape index (κ3) is 7.69. The molecule has 0 bridgehead atoms. The highest BCUT2D eigenvalue weighted by Crippen LogP contribution is 2.20. The van der Waals surface area contributed by atoms with Gasteiger partial charge in [-0.2, -0.15) is 0 Å². The maximum atomic E-state index is 12.3. The average molecular weight is 386 g/mol. The number of piperidine rings is 1. The lowest BCUT2D eigenvalue weighted by Crippen LogP contribution is -2.42. The minimum absolute atomic E-state index is 0.0198. The molecule has 1 saturated heterocycles. The fraction of sp³-hybridized carbons (Fsp3) is 0.478. The van der Waals surface area contributed by atoms with Crippen molar-refractivity contribution in [2.75, 3.05) is 13.7 Å². The number of carbonyl (C=O) groups excluding carboxylic acids is 2. The number of benzene rings is 1. The Balaban J connectivity index is 1.83. The second-order valence-corrected chi connectivity index (χ2v) is 7.09. The van der Waals surface area contributed by atoms with Crippen LogP contribution in [0, 0.1) is 0 Å². The van der Waals surface area contributed by atoms with Crippen LogP contribution in [0.4, 0.5) is 0 Å². The largest absolute Gasteiger partial charge is 0.469 e.